The lowest BCUT2D eigenvalue weighted by atomic mass is 10.2. The van der Waals surface area contributed by atoms with E-state index in [4.69, 9.17) is 11.6 Å². The second-order valence-corrected chi connectivity index (χ2v) is 3.27. The third-order valence-corrected chi connectivity index (χ3v) is 1.92. The van der Waals surface area contributed by atoms with Crippen LogP contribution in [0.2, 0.25) is 5.02 Å². The summed E-state index contributed by atoms with van der Waals surface area (Å²) in [5.74, 6) is -0.235. The van der Waals surface area contributed by atoms with Crippen LogP contribution in [-0.2, 0) is 0 Å². The molecule has 0 bridgehead atoms. The Balaban J connectivity index is 3.04. The van der Waals surface area contributed by atoms with E-state index in [1.807, 2.05) is 0 Å². The smallest absolute Gasteiger partial charge is 0.253 e. The highest BCUT2D eigenvalue weighted by molar-refractivity contribution is 6.32. The van der Waals surface area contributed by atoms with E-state index in [0.717, 1.165) is 0 Å². The fraction of sp³-hybridized carbons (Fsp3) is 0.222. The normalized spacial score (nSPS) is 9.77. The molecule has 4 heteroatoms. The Labute approximate surface area is 81.5 Å². The predicted octanol–water partition coefficient (Wildman–Crippen LogP) is 1.75. The first-order valence-corrected chi connectivity index (χ1v) is 4.10. The molecule has 1 aromatic carbocycles. The first kappa shape index (κ1) is 9.86. The second kappa shape index (κ2) is 3.66. The molecular formula is C9H10ClNO2. The molecule has 0 unspecified atom stereocenters. The largest absolute Gasteiger partial charge is 0.506 e. The van der Waals surface area contributed by atoms with Crippen LogP contribution in [-0.4, -0.2) is 30.0 Å². The first-order chi connectivity index (χ1) is 6.02. The van der Waals surface area contributed by atoms with Crippen LogP contribution in [0.25, 0.3) is 0 Å². The van der Waals surface area contributed by atoms with Crippen molar-refractivity contribution in [3.8, 4) is 5.75 Å². The second-order valence-electron chi connectivity index (χ2n) is 2.87. The Morgan fingerprint density at radius 1 is 1.46 bits per heavy atom. The van der Waals surface area contributed by atoms with Gasteiger partial charge in [-0.2, -0.15) is 0 Å². The van der Waals surface area contributed by atoms with E-state index in [-0.39, 0.29) is 16.7 Å². The van der Waals surface area contributed by atoms with E-state index in [9.17, 15) is 9.90 Å². The average Bonchev–Trinajstić information content (AvgIpc) is 2.08. The SMILES string of the molecule is CN(C)C(=O)c1ccc(Cl)c(O)c1. The number of halogens is 1. The van der Waals surface area contributed by atoms with E-state index < -0.39 is 0 Å². The number of hydrogen-bond acceptors (Lipinski definition) is 2. The summed E-state index contributed by atoms with van der Waals surface area (Å²) in [6.07, 6.45) is 0. The number of aromatic hydroxyl groups is 1. The summed E-state index contributed by atoms with van der Waals surface area (Å²) in [4.78, 5) is 12.8. The van der Waals surface area contributed by atoms with E-state index in [2.05, 4.69) is 0 Å². The van der Waals surface area contributed by atoms with Gasteiger partial charge in [0.25, 0.3) is 5.91 Å². The lowest BCUT2D eigenvalue weighted by Gasteiger charge is -2.10. The van der Waals surface area contributed by atoms with Crippen LogP contribution in [0.15, 0.2) is 18.2 Å². The van der Waals surface area contributed by atoms with Gasteiger partial charge < -0.3 is 10.0 Å². The maximum absolute atomic E-state index is 11.4. The Kier molecular flexibility index (Phi) is 2.78. The number of amides is 1. The highest BCUT2D eigenvalue weighted by Gasteiger charge is 2.09. The Hall–Kier alpha value is -1.22. The standard InChI is InChI=1S/C9H10ClNO2/c1-11(2)9(13)6-3-4-7(10)8(12)5-6/h3-5,12H,1-2H3. The Morgan fingerprint density at radius 3 is 2.54 bits per heavy atom. The van der Waals surface area contributed by atoms with Crippen molar-refractivity contribution in [2.75, 3.05) is 14.1 Å². The predicted molar refractivity (Wildman–Crippen MR) is 51.1 cm³/mol. The van der Waals surface area contributed by atoms with Gasteiger partial charge in [-0.1, -0.05) is 11.6 Å². The molecule has 0 spiro atoms. The minimum atomic E-state index is -0.160. The molecule has 0 aliphatic heterocycles. The minimum Gasteiger partial charge on any atom is -0.506 e. The summed E-state index contributed by atoms with van der Waals surface area (Å²) in [5.41, 5.74) is 0.423. The molecule has 0 radical (unpaired) electrons. The topological polar surface area (TPSA) is 40.5 Å². The zero-order valence-electron chi connectivity index (χ0n) is 7.41. The molecule has 1 rings (SSSR count). The number of phenolic OH excluding ortho intramolecular Hbond substituents is 1. The fourth-order valence-electron chi connectivity index (χ4n) is 0.904. The number of hydrogen-bond donors (Lipinski definition) is 1. The maximum Gasteiger partial charge on any atom is 0.253 e. The molecule has 0 atom stereocenters. The monoisotopic (exact) mass is 199 g/mol. The summed E-state index contributed by atoms with van der Waals surface area (Å²) in [7, 11) is 3.29. The molecule has 0 fully saturated rings. The van der Waals surface area contributed by atoms with Gasteiger partial charge in [-0.15, -0.1) is 0 Å². The van der Waals surface area contributed by atoms with Gasteiger partial charge in [-0.25, -0.2) is 0 Å². The van der Waals surface area contributed by atoms with Crippen molar-refractivity contribution in [1.29, 1.82) is 0 Å². The van der Waals surface area contributed by atoms with Crippen LogP contribution in [0.5, 0.6) is 5.75 Å². The zero-order chi connectivity index (χ0) is 10.0. The van der Waals surface area contributed by atoms with Gasteiger partial charge in [-0.05, 0) is 18.2 Å². The highest BCUT2D eigenvalue weighted by Crippen LogP contribution is 2.23. The molecule has 70 valence electrons. The molecule has 1 aromatic rings. The Morgan fingerprint density at radius 2 is 2.08 bits per heavy atom. The number of benzene rings is 1. The highest BCUT2D eigenvalue weighted by atomic mass is 35.5. The van der Waals surface area contributed by atoms with Crippen LogP contribution in [0.3, 0.4) is 0 Å². The molecule has 0 aliphatic rings. The van der Waals surface area contributed by atoms with Gasteiger partial charge >= 0.3 is 0 Å². The van der Waals surface area contributed by atoms with Gasteiger partial charge in [0.2, 0.25) is 0 Å². The zero-order valence-corrected chi connectivity index (χ0v) is 8.17. The van der Waals surface area contributed by atoms with Crippen molar-refractivity contribution in [1.82, 2.24) is 4.90 Å². The number of nitrogens with zero attached hydrogens (tertiary/aromatic N) is 1. The van der Waals surface area contributed by atoms with Crippen molar-refractivity contribution in [2.45, 2.75) is 0 Å². The van der Waals surface area contributed by atoms with E-state index in [1.165, 1.54) is 17.0 Å². The van der Waals surface area contributed by atoms with Crippen molar-refractivity contribution in [3.63, 3.8) is 0 Å². The quantitative estimate of drug-likeness (QED) is 0.749. The molecule has 0 saturated carbocycles. The number of rotatable bonds is 1. The third kappa shape index (κ3) is 2.12. The van der Waals surface area contributed by atoms with Crippen LogP contribution >= 0.6 is 11.6 Å². The van der Waals surface area contributed by atoms with Crippen molar-refractivity contribution < 1.29 is 9.90 Å². The molecule has 0 aliphatic carbocycles. The lowest BCUT2D eigenvalue weighted by molar-refractivity contribution is 0.0827. The van der Waals surface area contributed by atoms with Crippen molar-refractivity contribution in [2.24, 2.45) is 0 Å². The van der Waals surface area contributed by atoms with Crippen molar-refractivity contribution >= 4 is 17.5 Å². The van der Waals surface area contributed by atoms with Crippen LogP contribution < -0.4 is 0 Å². The van der Waals surface area contributed by atoms with Gasteiger partial charge in [0.15, 0.2) is 0 Å². The molecular weight excluding hydrogens is 190 g/mol. The fourth-order valence-corrected chi connectivity index (χ4v) is 1.02. The third-order valence-electron chi connectivity index (χ3n) is 1.60. The van der Waals surface area contributed by atoms with Gasteiger partial charge in [0, 0.05) is 19.7 Å². The average molecular weight is 200 g/mol. The summed E-state index contributed by atoms with van der Waals surface area (Å²) in [6, 6.07) is 4.42. The molecule has 0 aromatic heterocycles. The molecule has 13 heavy (non-hydrogen) atoms. The van der Waals surface area contributed by atoms with Gasteiger partial charge in [0.05, 0.1) is 5.02 Å². The van der Waals surface area contributed by atoms with E-state index in [0.29, 0.717) is 5.56 Å². The van der Waals surface area contributed by atoms with Crippen LogP contribution in [0.4, 0.5) is 0 Å². The van der Waals surface area contributed by atoms with Crippen LogP contribution in [0.1, 0.15) is 10.4 Å². The minimum absolute atomic E-state index is 0.0747. The molecule has 3 nitrogen and oxygen atoms in total. The number of phenols is 1. The maximum atomic E-state index is 11.4. The van der Waals surface area contributed by atoms with E-state index >= 15 is 0 Å². The summed E-state index contributed by atoms with van der Waals surface area (Å²) < 4.78 is 0. The molecule has 1 amide bonds. The molecule has 0 heterocycles. The lowest BCUT2D eigenvalue weighted by Crippen LogP contribution is -2.21. The molecule has 0 saturated heterocycles. The van der Waals surface area contributed by atoms with Crippen molar-refractivity contribution in [3.05, 3.63) is 28.8 Å². The Bertz CT molecular complexity index is 336. The van der Waals surface area contributed by atoms with E-state index in [1.54, 1.807) is 20.2 Å². The summed E-state index contributed by atoms with van der Waals surface area (Å²) >= 11 is 5.59. The van der Waals surface area contributed by atoms with Crippen LogP contribution in [0, 0.1) is 0 Å². The summed E-state index contributed by atoms with van der Waals surface area (Å²) in [6.45, 7) is 0. The number of carbonyl (C=O) groups excluding carboxylic acids is 1. The first-order valence-electron chi connectivity index (χ1n) is 3.72. The van der Waals surface area contributed by atoms with Gasteiger partial charge in [0.1, 0.15) is 5.75 Å². The molecule has 1 N–H and O–H groups in total. The number of carbonyl (C=O) groups is 1. The van der Waals surface area contributed by atoms with Gasteiger partial charge in [-0.3, -0.25) is 4.79 Å². The summed E-state index contributed by atoms with van der Waals surface area (Å²) in [5, 5.41) is 9.47.